The highest BCUT2D eigenvalue weighted by Gasteiger charge is 2.35. The second-order valence-corrected chi connectivity index (χ2v) is 6.96. The number of hydrogen-bond acceptors (Lipinski definition) is 4. The molecule has 1 N–H and O–H groups in total. The summed E-state index contributed by atoms with van der Waals surface area (Å²) < 4.78 is 48.2. The van der Waals surface area contributed by atoms with Crippen LogP contribution < -0.4 is 5.56 Å². The molecule has 5 nitrogen and oxygen atoms in total. The van der Waals surface area contributed by atoms with Crippen LogP contribution in [0, 0.1) is 4.77 Å². The number of H-pyrrole nitrogens is 1. The number of nitrogens with zero attached hydrogens (tertiary/aromatic N) is 2. The Bertz CT molecular complexity index is 1110. The molecule has 0 saturated heterocycles. The fourth-order valence-electron chi connectivity index (χ4n) is 2.66. The van der Waals surface area contributed by atoms with Gasteiger partial charge in [0.25, 0.3) is 5.56 Å². The Labute approximate surface area is 164 Å². The van der Waals surface area contributed by atoms with Crippen molar-refractivity contribution in [3.8, 4) is 11.3 Å². The topological polar surface area (TPSA) is 59.9 Å². The Morgan fingerprint density at radius 2 is 1.96 bits per heavy atom. The number of hydrogen-bond donors (Lipinski definition) is 1. The monoisotopic (exact) mass is 459 g/mol. The SMILES string of the molecule is COCCn1c(=S)[nH]c(=O)c2c(C(F)(F)F)cc(-c3ccc(Br)cc3)nc21. The molecule has 3 aromatic rings. The molecule has 0 aliphatic heterocycles. The number of rotatable bonds is 4. The summed E-state index contributed by atoms with van der Waals surface area (Å²) in [6, 6.07) is 7.55. The van der Waals surface area contributed by atoms with Gasteiger partial charge in [0, 0.05) is 17.1 Å². The zero-order chi connectivity index (χ0) is 19.8. The molecule has 10 heteroatoms. The molecule has 0 bridgehead atoms. The van der Waals surface area contributed by atoms with Crippen molar-refractivity contribution in [1.82, 2.24) is 14.5 Å². The lowest BCUT2D eigenvalue weighted by atomic mass is 10.1. The van der Waals surface area contributed by atoms with Crippen LogP contribution in [0.5, 0.6) is 0 Å². The van der Waals surface area contributed by atoms with E-state index < -0.39 is 22.7 Å². The quantitative estimate of drug-likeness (QED) is 0.581. The first-order valence-electron chi connectivity index (χ1n) is 7.72. The molecule has 0 aliphatic carbocycles. The van der Waals surface area contributed by atoms with Crippen molar-refractivity contribution in [2.24, 2.45) is 0 Å². The third-order valence-corrected chi connectivity index (χ3v) is 4.76. The van der Waals surface area contributed by atoms with Gasteiger partial charge in [-0.3, -0.25) is 9.78 Å². The fourth-order valence-corrected chi connectivity index (χ4v) is 3.19. The summed E-state index contributed by atoms with van der Waals surface area (Å²) >= 11 is 8.40. The number of pyridine rings is 1. The summed E-state index contributed by atoms with van der Waals surface area (Å²) in [6.45, 7) is 0.345. The summed E-state index contributed by atoms with van der Waals surface area (Å²) in [6.07, 6.45) is -4.74. The summed E-state index contributed by atoms with van der Waals surface area (Å²) in [7, 11) is 1.46. The minimum absolute atomic E-state index is 0.0156. The van der Waals surface area contributed by atoms with Gasteiger partial charge in [-0.1, -0.05) is 28.1 Å². The predicted octanol–water partition coefficient (Wildman–Crippen LogP) is 4.55. The van der Waals surface area contributed by atoms with E-state index in [1.807, 2.05) is 0 Å². The van der Waals surface area contributed by atoms with E-state index >= 15 is 0 Å². The van der Waals surface area contributed by atoms with Gasteiger partial charge in [-0.15, -0.1) is 0 Å². The van der Waals surface area contributed by atoms with Gasteiger partial charge in [-0.05, 0) is 30.4 Å². The molecule has 27 heavy (non-hydrogen) atoms. The lowest BCUT2D eigenvalue weighted by molar-refractivity contribution is -0.136. The van der Waals surface area contributed by atoms with Crippen LogP contribution in [0.15, 0.2) is 39.6 Å². The van der Waals surface area contributed by atoms with Crippen molar-refractivity contribution >= 4 is 39.2 Å². The predicted molar refractivity (Wildman–Crippen MR) is 101 cm³/mol. The van der Waals surface area contributed by atoms with E-state index in [9.17, 15) is 18.0 Å². The second-order valence-electron chi connectivity index (χ2n) is 5.66. The number of aromatic nitrogens is 3. The van der Waals surface area contributed by atoms with Gasteiger partial charge in [0.05, 0.1) is 29.8 Å². The third-order valence-electron chi connectivity index (χ3n) is 3.91. The molecule has 3 rings (SSSR count). The number of nitrogens with one attached hydrogen (secondary N) is 1. The van der Waals surface area contributed by atoms with Gasteiger partial charge in [0.2, 0.25) is 0 Å². The number of halogens is 4. The van der Waals surface area contributed by atoms with Gasteiger partial charge in [0.15, 0.2) is 4.77 Å². The Kier molecular flexibility index (Phi) is 5.50. The maximum atomic E-state index is 13.7. The average molecular weight is 460 g/mol. The Hall–Kier alpha value is -2.04. The van der Waals surface area contributed by atoms with Crippen LogP contribution in [0.3, 0.4) is 0 Å². The Morgan fingerprint density at radius 3 is 2.56 bits per heavy atom. The highest BCUT2D eigenvalue weighted by atomic mass is 79.9. The molecular weight excluding hydrogens is 447 g/mol. The lowest BCUT2D eigenvalue weighted by Crippen LogP contribution is -2.21. The molecule has 142 valence electrons. The van der Waals surface area contributed by atoms with Crippen molar-refractivity contribution in [1.29, 1.82) is 0 Å². The van der Waals surface area contributed by atoms with Crippen LogP contribution in [0.25, 0.3) is 22.3 Å². The molecule has 0 atom stereocenters. The maximum absolute atomic E-state index is 13.7. The number of methoxy groups -OCH3 is 1. The van der Waals surface area contributed by atoms with E-state index in [0.717, 1.165) is 10.5 Å². The normalized spacial score (nSPS) is 11.9. The van der Waals surface area contributed by atoms with E-state index in [2.05, 4.69) is 25.9 Å². The lowest BCUT2D eigenvalue weighted by Gasteiger charge is -2.16. The molecule has 0 spiro atoms. The molecule has 0 aliphatic rings. The molecule has 1 aromatic carbocycles. The van der Waals surface area contributed by atoms with Crippen LogP contribution in [0.4, 0.5) is 13.2 Å². The zero-order valence-corrected chi connectivity index (χ0v) is 16.3. The van der Waals surface area contributed by atoms with E-state index in [0.29, 0.717) is 5.56 Å². The first-order valence-corrected chi connectivity index (χ1v) is 8.92. The molecule has 0 amide bonds. The molecule has 0 radical (unpaired) electrons. The number of aromatic amines is 1. The van der Waals surface area contributed by atoms with Crippen molar-refractivity contribution in [2.45, 2.75) is 12.7 Å². The summed E-state index contributed by atoms with van der Waals surface area (Å²) in [5, 5.41) is -0.548. The molecule has 0 fully saturated rings. The maximum Gasteiger partial charge on any atom is 0.417 e. The second kappa shape index (κ2) is 7.53. The van der Waals surface area contributed by atoms with E-state index in [1.54, 1.807) is 24.3 Å². The average Bonchev–Trinajstić information content (AvgIpc) is 2.60. The van der Waals surface area contributed by atoms with Gasteiger partial charge in [-0.25, -0.2) is 4.98 Å². The standard InChI is InChI=1S/C17H13BrF3N3O2S/c1-26-7-6-24-14-13(15(25)23-16(24)27)11(17(19,20)21)8-12(22-14)9-2-4-10(18)5-3-9/h2-5,8H,6-7H2,1H3,(H,23,25,27). The Morgan fingerprint density at radius 1 is 1.30 bits per heavy atom. The van der Waals surface area contributed by atoms with Gasteiger partial charge in [0.1, 0.15) is 5.65 Å². The highest BCUT2D eigenvalue weighted by Crippen LogP contribution is 2.35. The largest absolute Gasteiger partial charge is 0.417 e. The summed E-state index contributed by atoms with van der Waals surface area (Å²) in [5.41, 5.74) is -1.55. The van der Waals surface area contributed by atoms with Crippen LogP contribution in [0.1, 0.15) is 5.56 Å². The van der Waals surface area contributed by atoms with Crippen LogP contribution >= 0.6 is 28.1 Å². The van der Waals surface area contributed by atoms with Crippen molar-refractivity contribution < 1.29 is 17.9 Å². The van der Waals surface area contributed by atoms with Gasteiger partial charge in [-0.2, -0.15) is 13.2 Å². The summed E-state index contributed by atoms with van der Waals surface area (Å²) in [4.78, 5) is 18.9. The first kappa shape index (κ1) is 19.7. The third kappa shape index (κ3) is 3.97. The molecule has 2 heterocycles. The first-order chi connectivity index (χ1) is 12.7. The molecule has 2 aromatic heterocycles. The summed E-state index contributed by atoms with van der Waals surface area (Å²) in [5.74, 6) is 0. The molecule has 0 unspecified atom stereocenters. The van der Waals surface area contributed by atoms with Gasteiger partial charge < -0.3 is 9.30 Å². The molecule has 0 saturated carbocycles. The number of alkyl halides is 3. The van der Waals surface area contributed by atoms with E-state index in [4.69, 9.17) is 17.0 Å². The van der Waals surface area contributed by atoms with Crippen LogP contribution in [-0.4, -0.2) is 28.3 Å². The zero-order valence-electron chi connectivity index (χ0n) is 13.9. The smallest absolute Gasteiger partial charge is 0.383 e. The minimum Gasteiger partial charge on any atom is -0.383 e. The highest BCUT2D eigenvalue weighted by molar-refractivity contribution is 9.10. The Balaban J connectivity index is 2.42. The van der Waals surface area contributed by atoms with Crippen LogP contribution in [0.2, 0.25) is 0 Å². The molecular formula is C17H13BrF3N3O2S. The van der Waals surface area contributed by atoms with E-state index in [1.165, 1.54) is 11.7 Å². The van der Waals surface area contributed by atoms with Crippen molar-refractivity contribution in [3.63, 3.8) is 0 Å². The fraction of sp³-hybridized carbons (Fsp3) is 0.235. The number of ether oxygens (including phenoxy) is 1. The van der Waals surface area contributed by atoms with Crippen molar-refractivity contribution in [3.05, 3.63) is 55.5 Å². The number of benzene rings is 1. The number of fused-ring (bicyclic) bond motifs is 1. The van der Waals surface area contributed by atoms with Crippen molar-refractivity contribution in [2.75, 3.05) is 13.7 Å². The van der Waals surface area contributed by atoms with Gasteiger partial charge >= 0.3 is 6.18 Å². The minimum atomic E-state index is -4.74. The van der Waals surface area contributed by atoms with E-state index in [-0.39, 0.29) is 29.3 Å². The van der Waals surface area contributed by atoms with Crippen LogP contribution in [-0.2, 0) is 17.5 Å².